The van der Waals surface area contributed by atoms with Crippen LogP contribution in [0.15, 0.2) is 23.1 Å². The summed E-state index contributed by atoms with van der Waals surface area (Å²) in [5.74, 6) is -0.0625. The van der Waals surface area contributed by atoms with Gasteiger partial charge in [0.05, 0.1) is 4.90 Å². The Balaban J connectivity index is 1.81. The number of carbonyl (C=O) groups excluding carboxylic acids is 1. The van der Waals surface area contributed by atoms with Crippen molar-refractivity contribution in [2.24, 2.45) is 5.73 Å². The lowest BCUT2D eigenvalue weighted by Crippen LogP contribution is -2.40. The average molecular weight is 337 g/mol. The van der Waals surface area contributed by atoms with Crippen LogP contribution in [0.2, 0.25) is 0 Å². The summed E-state index contributed by atoms with van der Waals surface area (Å²) in [6, 6.07) is 5.17. The van der Waals surface area contributed by atoms with Crippen LogP contribution < -0.4 is 15.4 Å². The van der Waals surface area contributed by atoms with Gasteiger partial charge in [-0.2, -0.15) is 0 Å². The third-order valence-electron chi connectivity index (χ3n) is 4.74. The Morgan fingerprint density at radius 3 is 2.61 bits per heavy atom. The molecule has 0 atom stereocenters. The highest BCUT2D eigenvalue weighted by atomic mass is 32.2. The van der Waals surface area contributed by atoms with Crippen LogP contribution in [0.4, 0.5) is 5.69 Å². The molecule has 1 saturated carbocycles. The molecule has 3 rings (SSSR count). The first-order valence-electron chi connectivity index (χ1n) is 8.06. The summed E-state index contributed by atoms with van der Waals surface area (Å²) < 4.78 is 28.0. The zero-order chi connectivity index (χ0) is 16.6. The van der Waals surface area contributed by atoms with Crippen LogP contribution in [0, 0.1) is 0 Å². The quantitative estimate of drug-likeness (QED) is 0.865. The van der Waals surface area contributed by atoms with E-state index in [9.17, 15) is 13.2 Å². The number of rotatable bonds is 3. The zero-order valence-corrected chi connectivity index (χ0v) is 14.1. The van der Waals surface area contributed by atoms with Gasteiger partial charge in [-0.25, -0.2) is 13.1 Å². The lowest BCUT2D eigenvalue weighted by molar-refractivity contribution is -0.116. The van der Waals surface area contributed by atoms with Gasteiger partial charge in [0.2, 0.25) is 15.9 Å². The van der Waals surface area contributed by atoms with Crippen LogP contribution in [0.1, 0.15) is 38.2 Å². The van der Waals surface area contributed by atoms with Gasteiger partial charge >= 0.3 is 0 Å². The fourth-order valence-electron chi connectivity index (χ4n) is 3.38. The molecule has 0 bridgehead atoms. The number of benzene rings is 1. The number of nitrogens with two attached hydrogens (primary N) is 1. The summed E-state index contributed by atoms with van der Waals surface area (Å²) in [5, 5.41) is 0. The van der Waals surface area contributed by atoms with Crippen molar-refractivity contribution in [1.29, 1.82) is 0 Å². The lowest BCUT2D eigenvalue weighted by atomic mass is 9.93. The van der Waals surface area contributed by atoms with Gasteiger partial charge in [0.25, 0.3) is 0 Å². The van der Waals surface area contributed by atoms with Crippen molar-refractivity contribution in [2.45, 2.75) is 56.0 Å². The van der Waals surface area contributed by atoms with Gasteiger partial charge < -0.3 is 10.6 Å². The second-order valence-corrected chi connectivity index (χ2v) is 8.16. The van der Waals surface area contributed by atoms with E-state index in [0.29, 0.717) is 12.2 Å². The molecule has 1 heterocycles. The van der Waals surface area contributed by atoms with E-state index in [-0.39, 0.29) is 22.9 Å². The van der Waals surface area contributed by atoms with Crippen molar-refractivity contribution >= 4 is 21.6 Å². The van der Waals surface area contributed by atoms with Crippen molar-refractivity contribution < 1.29 is 13.2 Å². The van der Waals surface area contributed by atoms with Crippen molar-refractivity contribution in [3.05, 3.63) is 23.8 Å². The van der Waals surface area contributed by atoms with Crippen molar-refractivity contribution in [3.63, 3.8) is 0 Å². The molecule has 1 aromatic rings. The fourth-order valence-corrected chi connectivity index (χ4v) is 4.70. The van der Waals surface area contributed by atoms with E-state index >= 15 is 0 Å². The normalized spacial score (nSPS) is 24.5. The second kappa shape index (κ2) is 6.22. The van der Waals surface area contributed by atoms with E-state index in [2.05, 4.69) is 4.72 Å². The lowest BCUT2D eigenvalue weighted by Gasteiger charge is -2.26. The number of anilines is 1. The Morgan fingerprint density at radius 2 is 1.96 bits per heavy atom. The maximum atomic E-state index is 12.6. The van der Waals surface area contributed by atoms with Gasteiger partial charge in [-0.1, -0.05) is 6.07 Å². The predicted octanol–water partition coefficient (Wildman–Crippen LogP) is 1.14. The van der Waals surface area contributed by atoms with E-state index in [4.69, 9.17) is 5.73 Å². The number of nitrogens with one attached hydrogen (secondary N) is 1. The van der Waals surface area contributed by atoms with Crippen LogP contribution in [-0.2, 0) is 21.2 Å². The Hall–Kier alpha value is -1.44. The number of hydrogen-bond donors (Lipinski definition) is 2. The van der Waals surface area contributed by atoms with Gasteiger partial charge in [0.15, 0.2) is 0 Å². The molecule has 1 fully saturated rings. The molecule has 1 aliphatic heterocycles. The van der Waals surface area contributed by atoms with Crippen LogP contribution in [0.3, 0.4) is 0 Å². The first-order valence-corrected chi connectivity index (χ1v) is 9.54. The van der Waals surface area contributed by atoms with Crippen molar-refractivity contribution in [2.75, 3.05) is 11.4 Å². The molecule has 0 aromatic heterocycles. The number of sulfonamides is 1. The van der Waals surface area contributed by atoms with Crippen LogP contribution in [0.5, 0.6) is 0 Å². The highest BCUT2D eigenvalue weighted by Crippen LogP contribution is 2.31. The minimum Gasteiger partial charge on any atom is -0.328 e. The third-order valence-corrected chi connectivity index (χ3v) is 6.25. The smallest absolute Gasteiger partial charge is 0.240 e. The highest BCUT2D eigenvalue weighted by molar-refractivity contribution is 7.89. The van der Waals surface area contributed by atoms with Gasteiger partial charge in [-0.3, -0.25) is 4.79 Å². The summed E-state index contributed by atoms with van der Waals surface area (Å²) in [4.78, 5) is 13.5. The van der Waals surface area contributed by atoms with Gasteiger partial charge in [-0.05, 0) is 49.8 Å². The number of amides is 1. The molecular formula is C16H23N3O3S. The first kappa shape index (κ1) is 16.4. The van der Waals surface area contributed by atoms with E-state index in [1.807, 2.05) is 6.07 Å². The summed E-state index contributed by atoms with van der Waals surface area (Å²) in [7, 11) is -3.58. The number of fused-ring (bicyclic) bond motifs is 1. The Kier molecular flexibility index (Phi) is 4.44. The molecular weight excluding hydrogens is 314 g/mol. The van der Waals surface area contributed by atoms with Gasteiger partial charge in [-0.15, -0.1) is 0 Å². The fraction of sp³-hybridized carbons (Fsp3) is 0.562. The Morgan fingerprint density at radius 1 is 1.26 bits per heavy atom. The molecule has 2 aliphatic rings. The number of hydrogen-bond acceptors (Lipinski definition) is 4. The molecule has 0 spiro atoms. The minimum atomic E-state index is -3.58. The molecule has 3 N–H and O–H groups in total. The molecule has 0 saturated heterocycles. The SMILES string of the molecule is CC(=O)N1CCc2ccc(S(=O)(=O)NC3CCC(N)CC3)cc21. The molecule has 6 nitrogen and oxygen atoms in total. The largest absolute Gasteiger partial charge is 0.328 e. The highest BCUT2D eigenvalue weighted by Gasteiger charge is 2.27. The van der Waals surface area contributed by atoms with E-state index < -0.39 is 10.0 Å². The minimum absolute atomic E-state index is 0.0584. The summed E-state index contributed by atoms with van der Waals surface area (Å²) in [5.41, 5.74) is 7.59. The first-order chi connectivity index (χ1) is 10.9. The molecule has 0 radical (unpaired) electrons. The number of carbonyl (C=O) groups is 1. The van der Waals surface area contributed by atoms with Gasteiger partial charge in [0.1, 0.15) is 0 Å². The van der Waals surface area contributed by atoms with E-state index in [1.54, 1.807) is 17.0 Å². The van der Waals surface area contributed by atoms with Crippen LogP contribution in [-0.4, -0.2) is 33.0 Å². The molecule has 0 unspecified atom stereocenters. The topological polar surface area (TPSA) is 92.5 Å². The van der Waals surface area contributed by atoms with Crippen molar-refractivity contribution in [1.82, 2.24) is 4.72 Å². The van der Waals surface area contributed by atoms with E-state index in [0.717, 1.165) is 37.7 Å². The Labute approximate surface area is 137 Å². The van der Waals surface area contributed by atoms with Crippen LogP contribution in [0.25, 0.3) is 0 Å². The zero-order valence-electron chi connectivity index (χ0n) is 13.3. The molecule has 126 valence electrons. The number of nitrogens with zero attached hydrogens (tertiary/aromatic N) is 1. The summed E-state index contributed by atoms with van der Waals surface area (Å²) >= 11 is 0. The molecule has 1 aromatic carbocycles. The maximum absolute atomic E-state index is 12.6. The molecule has 1 aliphatic carbocycles. The monoisotopic (exact) mass is 337 g/mol. The third kappa shape index (κ3) is 3.41. The van der Waals surface area contributed by atoms with Gasteiger partial charge in [0, 0.05) is 31.2 Å². The predicted molar refractivity (Wildman–Crippen MR) is 88.7 cm³/mol. The Bertz CT molecular complexity index is 709. The van der Waals surface area contributed by atoms with Crippen molar-refractivity contribution in [3.8, 4) is 0 Å². The second-order valence-electron chi connectivity index (χ2n) is 6.44. The average Bonchev–Trinajstić information content (AvgIpc) is 2.92. The molecule has 7 heteroatoms. The van der Waals surface area contributed by atoms with Crippen LogP contribution >= 0.6 is 0 Å². The maximum Gasteiger partial charge on any atom is 0.240 e. The molecule has 23 heavy (non-hydrogen) atoms. The summed E-state index contributed by atoms with van der Waals surface area (Å²) in [6.07, 6.45) is 3.99. The van der Waals surface area contributed by atoms with E-state index in [1.165, 1.54) is 6.92 Å². The molecule has 1 amide bonds. The standard InChI is InChI=1S/C16H23N3O3S/c1-11(20)19-9-8-12-2-7-15(10-16(12)19)23(21,22)18-14-5-3-13(17)4-6-14/h2,7,10,13-14,18H,3-6,8-9,17H2,1H3. The summed E-state index contributed by atoms with van der Waals surface area (Å²) in [6.45, 7) is 2.11.